The van der Waals surface area contributed by atoms with Crippen LogP contribution in [0.15, 0.2) is 0 Å². The average Bonchev–Trinajstić information content (AvgIpc) is 2.03. The van der Waals surface area contributed by atoms with Crippen LogP contribution < -0.4 is 5.32 Å². The van der Waals surface area contributed by atoms with E-state index in [1.807, 2.05) is 14.0 Å². The van der Waals surface area contributed by atoms with Crippen LogP contribution in [-0.4, -0.2) is 50.7 Å². The number of likely N-dealkylation sites (N-methyl/N-ethyl adjacent to an activating group) is 2. The highest BCUT2D eigenvalue weighted by Crippen LogP contribution is 1.99. The lowest BCUT2D eigenvalue weighted by Crippen LogP contribution is -2.37. The van der Waals surface area contributed by atoms with Gasteiger partial charge in [0.15, 0.2) is 0 Å². The number of nitrogens with zero attached hydrogens (tertiary/aromatic N) is 1. The molecule has 1 N–H and O–H groups in total. The average molecular weight is 188 g/mol. The van der Waals surface area contributed by atoms with Crippen molar-refractivity contribution in [3.8, 4) is 0 Å². The van der Waals surface area contributed by atoms with E-state index in [0.29, 0.717) is 0 Å². The topological polar surface area (TPSA) is 41.6 Å². The Hall–Kier alpha value is -0.610. The van der Waals surface area contributed by atoms with Crippen molar-refractivity contribution in [3.05, 3.63) is 0 Å². The molecule has 0 heterocycles. The first-order valence-electron chi connectivity index (χ1n) is 4.50. The molecule has 0 aromatic carbocycles. The Kier molecular flexibility index (Phi) is 5.66. The molecule has 2 atom stereocenters. The first kappa shape index (κ1) is 12.4. The van der Waals surface area contributed by atoms with Gasteiger partial charge in [-0.25, -0.2) is 0 Å². The summed E-state index contributed by atoms with van der Waals surface area (Å²) in [5.74, 6) is 0.00273. The Balaban J connectivity index is 3.85. The maximum absolute atomic E-state index is 11.4. The van der Waals surface area contributed by atoms with Gasteiger partial charge < -0.3 is 15.0 Å². The van der Waals surface area contributed by atoms with Crippen LogP contribution >= 0.6 is 0 Å². The summed E-state index contributed by atoms with van der Waals surface area (Å²) >= 11 is 0. The zero-order valence-corrected chi connectivity index (χ0v) is 9.13. The minimum Gasteiger partial charge on any atom is -0.364 e. The molecular formula is C9H20N2O2. The minimum absolute atomic E-state index is 0.00273. The zero-order chi connectivity index (χ0) is 10.4. The number of carbonyl (C=O) groups is 1. The second-order valence-electron chi connectivity index (χ2n) is 3.38. The van der Waals surface area contributed by atoms with Crippen molar-refractivity contribution >= 4 is 5.91 Å². The maximum atomic E-state index is 11.4. The summed E-state index contributed by atoms with van der Waals surface area (Å²) in [6.07, 6.45) is -0.303. The summed E-state index contributed by atoms with van der Waals surface area (Å²) in [6.45, 7) is 4.47. The van der Waals surface area contributed by atoms with Crippen molar-refractivity contribution in [1.82, 2.24) is 10.2 Å². The van der Waals surface area contributed by atoms with E-state index in [-0.39, 0.29) is 18.1 Å². The molecule has 0 spiro atoms. The first-order valence-corrected chi connectivity index (χ1v) is 4.50. The molecule has 0 aromatic rings. The highest BCUT2D eigenvalue weighted by atomic mass is 16.5. The van der Waals surface area contributed by atoms with Gasteiger partial charge in [0, 0.05) is 20.6 Å². The number of hydrogen-bond donors (Lipinski definition) is 1. The fourth-order valence-electron chi connectivity index (χ4n) is 1.11. The minimum atomic E-state index is -0.363. The van der Waals surface area contributed by atoms with Gasteiger partial charge in [0.05, 0.1) is 6.10 Å². The van der Waals surface area contributed by atoms with Gasteiger partial charge in [-0.3, -0.25) is 4.79 Å². The van der Waals surface area contributed by atoms with Crippen LogP contribution in [-0.2, 0) is 9.53 Å². The molecule has 0 bridgehead atoms. The summed E-state index contributed by atoms with van der Waals surface area (Å²) in [5.41, 5.74) is 0. The van der Waals surface area contributed by atoms with Gasteiger partial charge >= 0.3 is 0 Å². The fourth-order valence-corrected chi connectivity index (χ4v) is 1.11. The number of nitrogens with one attached hydrogen (secondary N) is 1. The Bertz CT molecular complexity index is 160. The molecular weight excluding hydrogens is 168 g/mol. The molecule has 0 aromatic heterocycles. The molecule has 0 saturated heterocycles. The molecule has 4 nitrogen and oxygen atoms in total. The number of ether oxygens (including phenoxy) is 1. The number of amides is 1. The molecule has 4 heteroatoms. The van der Waals surface area contributed by atoms with Crippen LogP contribution in [0, 0.1) is 0 Å². The third-order valence-corrected chi connectivity index (χ3v) is 1.72. The van der Waals surface area contributed by atoms with Crippen molar-refractivity contribution in [2.45, 2.75) is 26.1 Å². The van der Waals surface area contributed by atoms with Crippen LogP contribution in [0.3, 0.4) is 0 Å². The first-order chi connectivity index (χ1) is 5.99. The second-order valence-corrected chi connectivity index (χ2v) is 3.38. The summed E-state index contributed by atoms with van der Waals surface area (Å²) in [4.78, 5) is 12.9. The van der Waals surface area contributed by atoms with Crippen LogP contribution in [0.5, 0.6) is 0 Å². The van der Waals surface area contributed by atoms with Gasteiger partial charge in [-0.15, -0.1) is 0 Å². The molecule has 1 amide bonds. The third-order valence-electron chi connectivity index (χ3n) is 1.72. The fraction of sp³-hybridized carbons (Fsp3) is 0.889. The van der Waals surface area contributed by atoms with Crippen molar-refractivity contribution in [2.24, 2.45) is 0 Å². The number of rotatable bonds is 5. The molecule has 0 saturated carbocycles. The van der Waals surface area contributed by atoms with Crippen LogP contribution in [0.2, 0.25) is 0 Å². The van der Waals surface area contributed by atoms with Crippen LogP contribution in [0.4, 0.5) is 0 Å². The molecule has 0 fully saturated rings. The molecule has 2 unspecified atom stereocenters. The molecule has 0 radical (unpaired) electrons. The smallest absolute Gasteiger partial charge is 0.250 e. The molecule has 13 heavy (non-hydrogen) atoms. The standard InChI is InChI=1S/C9H20N2O2/c1-7(6-10-3)13-8(2)9(12)11(4)5/h7-8,10H,6H2,1-5H3. The maximum Gasteiger partial charge on any atom is 0.250 e. The summed E-state index contributed by atoms with van der Waals surface area (Å²) in [5, 5.41) is 2.99. The van der Waals surface area contributed by atoms with Gasteiger partial charge in [0.2, 0.25) is 0 Å². The monoisotopic (exact) mass is 188 g/mol. The van der Waals surface area contributed by atoms with E-state index in [0.717, 1.165) is 6.54 Å². The van der Waals surface area contributed by atoms with E-state index in [4.69, 9.17) is 4.74 Å². The Morgan fingerprint density at radius 2 is 2.00 bits per heavy atom. The van der Waals surface area contributed by atoms with Gasteiger partial charge in [-0.05, 0) is 20.9 Å². The van der Waals surface area contributed by atoms with Gasteiger partial charge in [-0.1, -0.05) is 0 Å². The van der Waals surface area contributed by atoms with E-state index < -0.39 is 0 Å². The Labute approximate surface area is 80.2 Å². The molecule has 78 valence electrons. The predicted molar refractivity (Wildman–Crippen MR) is 52.6 cm³/mol. The predicted octanol–water partition coefficient (Wildman–Crippen LogP) is 0.0876. The lowest BCUT2D eigenvalue weighted by molar-refractivity contribution is -0.142. The van der Waals surface area contributed by atoms with Crippen molar-refractivity contribution in [2.75, 3.05) is 27.7 Å². The SMILES string of the molecule is CNCC(C)OC(C)C(=O)N(C)C. The van der Waals surface area contributed by atoms with Crippen molar-refractivity contribution in [3.63, 3.8) is 0 Å². The lowest BCUT2D eigenvalue weighted by Gasteiger charge is -2.21. The van der Waals surface area contributed by atoms with Gasteiger partial charge in [0.25, 0.3) is 5.91 Å². The molecule has 0 aliphatic heterocycles. The zero-order valence-electron chi connectivity index (χ0n) is 9.13. The summed E-state index contributed by atoms with van der Waals surface area (Å²) in [7, 11) is 5.31. The summed E-state index contributed by atoms with van der Waals surface area (Å²) < 4.78 is 5.46. The largest absolute Gasteiger partial charge is 0.364 e. The molecule has 0 aliphatic carbocycles. The quantitative estimate of drug-likeness (QED) is 0.664. The number of hydrogen-bond acceptors (Lipinski definition) is 3. The van der Waals surface area contributed by atoms with E-state index >= 15 is 0 Å². The molecule has 0 rings (SSSR count). The highest BCUT2D eigenvalue weighted by molar-refractivity contribution is 5.79. The van der Waals surface area contributed by atoms with E-state index in [9.17, 15) is 4.79 Å². The normalized spacial score (nSPS) is 15.2. The second kappa shape index (κ2) is 5.94. The highest BCUT2D eigenvalue weighted by Gasteiger charge is 2.17. The Morgan fingerprint density at radius 3 is 2.38 bits per heavy atom. The van der Waals surface area contributed by atoms with E-state index in [2.05, 4.69) is 5.32 Å². The van der Waals surface area contributed by atoms with E-state index in [1.54, 1.807) is 21.0 Å². The summed E-state index contributed by atoms with van der Waals surface area (Å²) in [6, 6.07) is 0. The Morgan fingerprint density at radius 1 is 1.46 bits per heavy atom. The number of carbonyl (C=O) groups excluding carboxylic acids is 1. The van der Waals surface area contributed by atoms with Crippen molar-refractivity contribution < 1.29 is 9.53 Å². The lowest BCUT2D eigenvalue weighted by atomic mass is 10.3. The van der Waals surface area contributed by atoms with Gasteiger partial charge in [-0.2, -0.15) is 0 Å². The van der Waals surface area contributed by atoms with Gasteiger partial charge in [0.1, 0.15) is 6.10 Å². The third kappa shape index (κ3) is 4.85. The van der Waals surface area contributed by atoms with Crippen LogP contribution in [0.1, 0.15) is 13.8 Å². The van der Waals surface area contributed by atoms with Crippen molar-refractivity contribution in [1.29, 1.82) is 0 Å². The van der Waals surface area contributed by atoms with Crippen LogP contribution in [0.25, 0.3) is 0 Å². The van der Waals surface area contributed by atoms with E-state index in [1.165, 1.54) is 4.90 Å². The molecule has 0 aliphatic rings.